The van der Waals surface area contributed by atoms with E-state index in [4.69, 9.17) is 16.3 Å². The van der Waals surface area contributed by atoms with Gasteiger partial charge in [0.1, 0.15) is 23.2 Å². The molecule has 2 aromatic heterocycles. The molecule has 0 fully saturated rings. The summed E-state index contributed by atoms with van der Waals surface area (Å²) in [7, 11) is 0. The molecule has 4 aromatic rings. The Kier molecular flexibility index (Phi) is 5.81. The molecule has 0 saturated carbocycles. The van der Waals surface area contributed by atoms with Gasteiger partial charge in [-0.15, -0.1) is 0 Å². The zero-order chi connectivity index (χ0) is 21.8. The van der Waals surface area contributed by atoms with Crippen LogP contribution in [0.2, 0.25) is 5.02 Å². The summed E-state index contributed by atoms with van der Waals surface area (Å²) in [6, 6.07) is 15.3. The van der Waals surface area contributed by atoms with Gasteiger partial charge in [0.25, 0.3) is 0 Å². The number of ether oxygens (including phenoxy) is 1. The van der Waals surface area contributed by atoms with Crippen LogP contribution in [0.5, 0.6) is 11.6 Å². The Morgan fingerprint density at radius 1 is 1.03 bits per heavy atom. The zero-order valence-corrected chi connectivity index (χ0v) is 17.6. The molecule has 156 valence electrons. The molecule has 4 rings (SSSR count). The number of aryl methyl sites for hydroxylation is 2. The van der Waals surface area contributed by atoms with Gasteiger partial charge in [0, 0.05) is 24.1 Å². The number of benzene rings is 2. The van der Waals surface area contributed by atoms with Crippen LogP contribution in [0.4, 0.5) is 16.2 Å². The molecular weight excluding hydrogens is 416 g/mol. The summed E-state index contributed by atoms with van der Waals surface area (Å²) < 4.78 is 7.73. The van der Waals surface area contributed by atoms with Gasteiger partial charge in [-0.25, -0.2) is 14.8 Å². The van der Waals surface area contributed by atoms with Crippen LogP contribution in [0, 0.1) is 13.8 Å². The molecule has 0 saturated heterocycles. The number of hydrogen-bond donors (Lipinski definition) is 2. The Balaban J connectivity index is 1.43. The Bertz CT molecular complexity index is 1220. The zero-order valence-electron chi connectivity index (χ0n) is 16.8. The summed E-state index contributed by atoms with van der Waals surface area (Å²) in [5.41, 5.74) is 1.13. The molecule has 9 heteroatoms. The van der Waals surface area contributed by atoms with E-state index in [0.717, 1.165) is 5.82 Å². The van der Waals surface area contributed by atoms with Crippen molar-refractivity contribution in [3.63, 3.8) is 0 Å². The summed E-state index contributed by atoms with van der Waals surface area (Å²) in [5.74, 6) is 3.05. The number of amides is 2. The maximum atomic E-state index is 12.2. The lowest BCUT2D eigenvalue weighted by Gasteiger charge is -2.11. The Morgan fingerprint density at radius 2 is 1.81 bits per heavy atom. The number of para-hydroxylation sites is 1. The minimum absolute atomic E-state index is 0.395. The van der Waals surface area contributed by atoms with E-state index in [9.17, 15) is 4.79 Å². The van der Waals surface area contributed by atoms with Crippen molar-refractivity contribution in [3.8, 4) is 17.4 Å². The average Bonchev–Trinajstić information content (AvgIpc) is 3.17. The minimum Gasteiger partial charge on any atom is -0.439 e. The predicted molar refractivity (Wildman–Crippen MR) is 119 cm³/mol. The molecule has 0 spiro atoms. The van der Waals surface area contributed by atoms with E-state index in [1.54, 1.807) is 67.7 Å². The maximum absolute atomic E-state index is 12.2. The van der Waals surface area contributed by atoms with Gasteiger partial charge in [-0.2, -0.15) is 4.98 Å². The highest BCUT2D eigenvalue weighted by atomic mass is 35.5. The lowest BCUT2D eigenvalue weighted by atomic mass is 10.3. The fraction of sp³-hybridized carbons (Fsp3) is 0.0909. The summed E-state index contributed by atoms with van der Waals surface area (Å²) in [5, 5.41) is 5.92. The van der Waals surface area contributed by atoms with Crippen LogP contribution in [0.25, 0.3) is 5.82 Å². The third-order valence-corrected chi connectivity index (χ3v) is 4.66. The van der Waals surface area contributed by atoms with Gasteiger partial charge < -0.3 is 15.4 Å². The van der Waals surface area contributed by atoms with E-state index in [1.807, 2.05) is 17.7 Å². The third kappa shape index (κ3) is 4.99. The third-order valence-electron chi connectivity index (χ3n) is 4.33. The van der Waals surface area contributed by atoms with E-state index in [0.29, 0.717) is 39.7 Å². The van der Waals surface area contributed by atoms with Gasteiger partial charge in [0.15, 0.2) is 0 Å². The largest absolute Gasteiger partial charge is 0.439 e. The van der Waals surface area contributed by atoms with Crippen molar-refractivity contribution in [1.82, 2.24) is 19.5 Å². The smallest absolute Gasteiger partial charge is 0.323 e. The molecule has 2 aromatic carbocycles. The van der Waals surface area contributed by atoms with Crippen molar-refractivity contribution in [2.75, 3.05) is 10.6 Å². The molecule has 0 aliphatic heterocycles. The molecular formula is C22H19ClN6O2. The number of anilines is 2. The second-order valence-corrected chi connectivity index (χ2v) is 7.05. The maximum Gasteiger partial charge on any atom is 0.323 e. The van der Waals surface area contributed by atoms with E-state index < -0.39 is 6.03 Å². The fourth-order valence-corrected chi connectivity index (χ4v) is 3.08. The van der Waals surface area contributed by atoms with E-state index in [2.05, 4.69) is 25.6 Å². The van der Waals surface area contributed by atoms with Gasteiger partial charge >= 0.3 is 6.03 Å². The van der Waals surface area contributed by atoms with Crippen molar-refractivity contribution in [3.05, 3.63) is 83.7 Å². The Labute approximate surface area is 183 Å². The minimum atomic E-state index is -0.395. The number of carbonyl (C=O) groups is 1. The normalized spacial score (nSPS) is 10.5. The van der Waals surface area contributed by atoms with Gasteiger partial charge in [-0.05, 0) is 50.2 Å². The average molecular weight is 435 g/mol. The molecule has 0 aliphatic rings. The number of hydrogen-bond acceptors (Lipinski definition) is 5. The lowest BCUT2D eigenvalue weighted by molar-refractivity contribution is 0.262. The number of nitrogens with zero attached hydrogens (tertiary/aromatic N) is 4. The van der Waals surface area contributed by atoms with Crippen molar-refractivity contribution in [2.24, 2.45) is 0 Å². The first-order valence-electron chi connectivity index (χ1n) is 9.44. The molecule has 2 amide bonds. The molecule has 0 unspecified atom stereocenters. The Hall–Kier alpha value is -3.91. The quantitative estimate of drug-likeness (QED) is 0.440. The monoisotopic (exact) mass is 434 g/mol. The molecule has 8 nitrogen and oxygen atoms in total. The van der Waals surface area contributed by atoms with Crippen LogP contribution >= 0.6 is 11.6 Å². The van der Waals surface area contributed by atoms with Crippen LogP contribution in [0.15, 0.2) is 67.0 Å². The first-order chi connectivity index (χ1) is 15.0. The number of imidazole rings is 1. The molecule has 0 atom stereocenters. The molecule has 2 N–H and O–H groups in total. The predicted octanol–water partition coefficient (Wildman–Crippen LogP) is 5.37. The second kappa shape index (κ2) is 8.85. The van der Waals surface area contributed by atoms with Crippen LogP contribution in [0.3, 0.4) is 0 Å². The highest BCUT2D eigenvalue weighted by molar-refractivity contribution is 6.33. The van der Waals surface area contributed by atoms with E-state index in [-0.39, 0.29) is 0 Å². The number of halogens is 1. The first-order valence-corrected chi connectivity index (χ1v) is 9.82. The number of carbonyl (C=O) groups excluding carboxylic acids is 1. The first kappa shape index (κ1) is 20.4. The fourth-order valence-electron chi connectivity index (χ4n) is 2.90. The highest BCUT2D eigenvalue weighted by Gasteiger charge is 2.09. The van der Waals surface area contributed by atoms with Crippen LogP contribution in [0.1, 0.15) is 11.6 Å². The van der Waals surface area contributed by atoms with Gasteiger partial charge in [0.05, 0.1) is 10.7 Å². The van der Waals surface area contributed by atoms with Crippen molar-refractivity contribution < 1.29 is 9.53 Å². The topological polar surface area (TPSA) is 94.0 Å². The molecule has 0 aliphatic carbocycles. The summed E-state index contributed by atoms with van der Waals surface area (Å²) >= 11 is 6.06. The lowest BCUT2D eigenvalue weighted by Crippen LogP contribution is -2.19. The van der Waals surface area contributed by atoms with Crippen LogP contribution in [-0.4, -0.2) is 25.6 Å². The van der Waals surface area contributed by atoms with Crippen molar-refractivity contribution in [2.45, 2.75) is 13.8 Å². The Morgan fingerprint density at radius 3 is 2.52 bits per heavy atom. The number of rotatable bonds is 5. The summed E-state index contributed by atoms with van der Waals surface area (Å²) in [6.07, 6.45) is 3.54. The highest BCUT2D eigenvalue weighted by Crippen LogP contribution is 2.24. The van der Waals surface area contributed by atoms with Crippen molar-refractivity contribution in [1.29, 1.82) is 0 Å². The van der Waals surface area contributed by atoms with Gasteiger partial charge in [-0.3, -0.25) is 4.57 Å². The molecule has 0 bridgehead atoms. The van der Waals surface area contributed by atoms with Gasteiger partial charge in [0.2, 0.25) is 5.88 Å². The molecule has 31 heavy (non-hydrogen) atoms. The van der Waals surface area contributed by atoms with Crippen LogP contribution in [-0.2, 0) is 0 Å². The van der Waals surface area contributed by atoms with Crippen LogP contribution < -0.4 is 15.4 Å². The second-order valence-electron chi connectivity index (χ2n) is 6.64. The molecule has 2 heterocycles. The molecule has 0 radical (unpaired) electrons. The van der Waals surface area contributed by atoms with Gasteiger partial charge in [-0.1, -0.05) is 23.7 Å². The van der Waals surface area contributed by atoms with Crippen molar-refractivity contribution >= 4 is 29.0 Å². The number of aromatic nitrogens is 4. The number of nitrogens with one attached hydrogen (secondary N) is 2. The van der Waals surface area contributed by atoms with E-state index in [1.165, 1.54) is 0 Å². The standard InChI is InChI=1S/C22H19ClN6O2/c1-14-25-20(29-12-11-24-15(29)2)13-21(26-14)31-17-9-7-16(8-10-17)27-22(30)28-19-6-4-3-5-18(19)23/h3-13H,1-2H3,(H2,27,28,30). The SMILES string of the molecule is Cc1nc(Oc2ccc(NC(=O)Nc3ccccc3Cl)cc2)cc(-n2ccnc2C)n1. The summed E-state index contributed by atoms with van der Waals surface area (Å²) in [4.78, 5) is 25.2. The number of urea groups is 1. The summed E-state index contributed by atoms with van der Waals surface area (Å²) in [6.45, 7) is 3.69. The van der Waals surface area contributed by atoms with E-state index >= 15 is 0 Å².